The second-order valence-electron chi connectivity index (χ2n) is 6.85. The number of benzene rings is 2. The van der Waals surface area contributed by atoms with E-state index >= 15 is 0 Å². The van der Waals surface area contributed by atoms with Crippen molar-refractivity contribution in [3.05, 3.63) is 92.7 Å². The summed E-state index contributed by atoms with van der Waals surface area (Å²) in [6.45, 7) is 5.46. The van der Waals surface area contributed by atoms with Crippen molar-refractivity contribution in [3.63, 3.8) is 0 Å². The predicted molar refractivity (Wildman–Crippen MR) is 118 cm³/mol. The smallest absolute Gasteiger partial charge is 0.147 e. The summed E-state index contributed by atoms with van der Waals surface area (Å²) in [5.74, 6) is 0.839. The first-order valence-corrected chi connectivity index (χ1v) is 10.3. The molecule has 142 valence electrons. The van der Waals surface area contributed by atoms with E-state index in [9.17, 15) is 0 Å². The normalized spacial score (nSPS) is 11.1. The Hall–Kier alpha value is -2.30. The van der Waals surface area contributed by atoms with E-state index in [-0.39, 0.29) is 0 Å². The summed E-state index contributed by atoms with van der Waals surface area (Å²) >= 11 is 9.65. The van der Waals surface area contributed by atoms with Crippen molar-refractivity contribution in [2.45, 2.75) is 27.0 Å². The van der Waals surface area contributed by atoms with Crippen LogP contribution in [0.25, 0.3) is 11.0 Å². The third-order valence-corrected chi connectivity index (χ3v) is 5.76. The van der Waals surface area contributed by atoms with Gasteiger partial charge in [-0.25, -0.2) is 0 Å². The van der Waals surface area contributed by atoms with Crippen LogP contribution in [0.1, 0.15) is 22.4 Å². The molecule has 4 rings (SSSR count). The number of aryl methyl sites for hydroxylation is 1. The van der Waals surface area contributed by atoms with Crippen molar-refractivity contribution in [2.24, 2.45) is 0 Å². The van der Waals surface area contributed by atoms with Gasteiger partial charge in [-0.05, 0) is 54.8 Å². The maximum atomic E-state index is 6.21. The highest BCUT2D eigenvalue weighted by Gasteiger charge is 2.17. The number of nitrogens with zero attached hydrogens (tertiary/aromatic N) is 2. The van der Waals surface area contributed by atoms with Gasteiger partial charge in [-0.2, -0.15) is 0 Å². The van der Waals surface area contributed by atoms with Gasteiger partial charge in [0.05, 0.1) is 5.52 Å². The Morgan fingerprint density at radius 1 is 1.04 bits per heavy atom. The summed E-state index contributed by atoms with van der Waals surface area (Å²) in [7, 11) is 0. The Morgan fingerprint density at radius 3 is 2.57 bits per heavy atom. The van der Waals surface area contributed by atoms with E-state index in [2.05, 4.69) is 57.5 Å². The second kappa shape index (κ2) is 7.98. The first kappa shape index (κ1) is 19.0. The molecule has 0 amide bonds. The lowest BCUT2D eigenvalue weighted by Gasteiger charge is -2.13. The van der Waals surface area contributed by atoms with Crippen LogP contribution in [0.2, 0.25) is 5.02 Å². The molecular formula is C23H20BrClN2O. The van der Waals surface area contributed by atoms with Crippen LogP contribution in [-0.4, -0.2) is 9.55 Å². The van der Waals surface area contributed by atoms with Crippen LogP contribution < -0.4 is 4.74 Å². The van der Waals surface area contributed by atoms with Crippen molar-refractivity contribution in [2.75, 3.05) is 0 Å². The van der Waals surface area contributed by atoms with E-state index in [0.717, 1.165) is 43.9 Å². The minimum absolute atomic E-state index is 0.507. The monoisotopic (exact) mass is 454 g/mol. The van der Waals surface area contributed by atoms with Crippen LogP contribution in [0.4, 0.5) is 0 Å². The van der Waals surface area contributed by atoms with Crippen molar-refractivity contribution in [1.29, 1.82) is 0 Å². The number of fused-ring (bicyclic) bond motifs is 1. The van der Waals surface area contributed by atoms with Crippen LogP contribution in [-0.2, 0) is 13.2 Å². The van der Waals surface area contributed by atoms with Gasteiger partial charge in [0.2, 0.25) is 0 Å². The Labute approximate surface area is 178 Å². The van der Waals surface area contributed by atoms with Crippen LogP contribution in [0, 0.1) is 13.8 Å². The molecular weight excluding hydrogens is 436 g/mol. The average Bonchev–Trinajstić information content (AvgIpc) is 2.93. The van der Waals surface area contributed by atoms with Crippen molar-refractivity contribution in [1.82, 2.24) is 9.55 Å². The molecule has 0 saturated heterocycles. The molecule has 0 saturated carbocycles. The molecule has 5 heteroatoms. The SMILES string of the molecule is Cc1c(C)n(Cc2cccc(Cl)c2)c2c(OCc3ccc(Br)cc3)ccnc12. The second-order valence-corrected chi connectivity index (χ2v) is 8.20. The summed E-state index contributed by atoms with van der Waals surface area (Å²) in [6.07, 6.45) is 1.81. The number of rotatable bonds is 5. The number of pyridine rings is 1. The van der Waals surface area contributed by atoms with Crippen molar-refractivity contribution < 1.29 is 4.74 Å². The molecule has 0 atom stereocenters. The molecule has 0 aliphatic rings. The zero-order valence-corrected chi connectivity index (χ0v) is 18.1. The van der Waals surface area contributed by atoms with E-state index in [4.69, 9.17) is 16.3 Å². The molecule has 0 spiro atoms. The molecule has 0 radical (unpaired) electrons. The third kappa shape index (κ3) is 3.80. The zero-order chi connectivity index (χ0) is 19.7. The fourth-order valence-corrected chi connectivity index (χ4v) is 3.86. The largest absolute Gasteiger partial charge is 0.487 e. The van der Waals surface area contributed by atoms with Gasteiger partial charge in [0.15, 0.2) is 0 Å². The Morgan fingerprint density at radius 2 is 1.82 bits per heavy atom. The van der Waals surface area contributed by atoms with Gasteiger partial charge in [0.1, 0.15) is 17.9 Å². The molecule has 3 nitrogen and oxygen atoms in total. The lowest BCUT2D eigenvalue weighted by molar-refractivity contribution is 0.308. The first-order valence-electron chi connectivity index (χ1n) is 9.09. The molecule has 2 aromatic heterocycles. The average molecular weight is 456 g/mol. The maximum Gasteiger partial charge on any atom is 0.147 e. The lowest BCUT2D eigenvalue weighted by atomic mass is 10.2. The highest BCUT2D eigenvalue weighted by molar-refractivity contribution is 9.10. The molecule has 4 aromatic rings. The highest BCUT2D eigenvalue weighted by atomic mass is 79.9. The van der Waals surface area contributed by atoms with Gasteiger partial charge in [0.25, 0.3) is 0 Å². The van der Waals surface area contributed by atoms with Crippen LogP contribution in [0.3, 0.4) is 0 Å². The van der Waals surface area contributed by atoms with Gasteiger partial charge in [0, 0.05) is 34.0 Å². The van der Waals surface area contributed by atoms with Gasteiger partial charge < -0.3 is 9.30 Å². The Balaban J connectivity index is 1.72. The van der Waals surface area contributed by atoms with E-state index in [1.54, 1.807) is 0 Å². The Kier molecular flexibility index (Phi) is 5.42. The standard InChI is InChI=1S/C23H20BrClN2O/c1-15-16(2)27(13-18-4-3-5-20(25)12-18)23-21(10-11-26-22(15)23)28-14-17-6-8-19(24)9-7-17/h3-12H,13-14H2,1-2H3. The molecule has 28 heavy (non-hydrogen) atoms. The first-order chi connectivity index (χ1) is 13.5. The summed E-state index contributed by atoms with van der Waals surface area (Å²) < 4.78 is 9.54. The van der Waals surface area contributed by atoms with E-state index in [0.29, 0.717) is 6.61 Å². The molecule has 2 aromatic carbocycles. The quantitative estimate of drug-likeness (QED) is 0.335. The lowest BCUT2D eigenvalue weighted by Crippen LogP contribution is -2.04. The maximum absolute atomic E-state index is 6.21. The minimum atomic E-state index is 0.507. The Bertz CT molecular complexity index is 1140. The van der Waals surface area contributed by atoms with Gasteiger partial charge in [-0.3, -0.25) is 4.98 Å². The van der Waals surface area contributed by atoms with E-state index in [1.807, 2.05) is 42.6 Å². The van der Waals surface area contributed by atoms with Crippen LogP contribution in [0.15, 0.2) is 65.3 Å². The molecule has 0 aliphatic carbocycles. The third-order valence-electron chi connectivity index (χ3n) is 5.00. The van der Waals surface area contributed by atoms with Gasteiger partial charge in [-0.15, -0.1) is 0 Å². The van der Waals surface area contributed by atoms with E-state index < -0.39 is 0 Å². The number of hydrogen-bond acceptors (Lipinski definition) is 2. The fraction of sp³-hybridized carbons (Fsp3) is 0.174. The van der Waals surface area contributed by atoms with Crippen LogP contribution >= 0.6 is 27.5 Å². The number of aromatic nitrogens is 2. The van der Waals surface area contributed by atoms with Crippen LogP contribution in [0.5, 0.6) is 5.75 Å². The molecule has 2 heterocycles. The highest BCUT2D eigenvalue weighted by Crippen LogP contribution is 2.32. The summed E-state index contributed by atoms with van der Waals surface area (Å²) in [5.41, 5.74) is 6.63. The molecule has 0 aliphatic heterocycles. The number of ether oxygens (including phenoxy) is 1. The summed E-state index contributed by atoms with van der Waals surface area (Å²) in [6, 6.07) is 18.1. The van der Waals surface area contributed by atoms with Gasteiger partial charge >= 0.3 is 0 Å². The van der Waals surface area contributed by atoms with Gasteiger partial charge in [-0.1, -0.05) is 51.8 Å². The number of hydrogen-bond donors (Lipinski definition) is 0. The summed E-state index contributed by atoms with van der Waals surface area (Å²) in [5, 5.41) is 0.744. The number of halogens is 2. The van der Waals surface area contributed by atoms with E-state index in [1.165, 1.54) is 11.3 Å². The van der Waals surface area contributed by atoms with Crippen molar-refractivity contribution >= 4 is 38.6 Å². The fourth-order valence-electron chi connectivity index (χ4n) is 3.39. The topological polar surface area (TPSA) is 27.1 Å². The predicted octanol–water partition coefficient (Wildman–Crippen LogP) is 6.70. The molecule has 0 fully saturated rings. The van der Waals surface area contributed by atoms with Crippen molar-refractivity contribution in [3.8, 4) is 5.75 Å². The summed E-state index contributed by atoms with van der Waals surface area (Å²) in [4.78, 5) is 4.62. The molecule has 0 N–H and O–H groups in total. The molecule has 0 unspecified atom stereocenters. The molecule has 0 bridgehead atoms. The zero-order valence-electron chi connectivity index (χ0n) is 15.7. The minimum Gasteiger partial charge on any atom is -0.487 e.